The minimum atomic E-state index is -0.490. The summed E-state index contributed by atoms with van der Waals surface area (Å²) in [6.07, 6.45) is 1.66. The second kappa shape index (κ2) is 4.96. The van der Waals surface area contributed by atoms with Crippen LogP contribution in [0.1, 0.15) is 25.3 Å². The summed E-state index contributed by atoms with van der Waals surface area (Å²) >= 11 is 3.54. The van der Waals surface area contributed by atoms with Gasteiger partial charge >= 0.3 is 0 Å². The number of nitrogens with zero attached hydrogens (tertiary/aromatic N) is 1. The van der Waals surface area contributed by atoms with Crippen molar-refractivity contribution in [2.45, 2.75) is 31.9 Å². The number of nitrogens with two attached hydrogens (primary N) is 1. The van der Waals surface area contributed by atoms with E-state index in [9.17, 15) is 5.11 Å². The average molecular weight is 299 g/mol. The zero-order valence-corrected chi connectivity index (χ0v) is 11.7. The molecule has 1 heterocycles. The summed E-state index contributed by atoms with van der Waals surface area (Å²) < 4.78 is 1.06. The van der Waals surface area contributed by atoms with Gasteiger partial charge < -0.3 is 10.8 Å². The molecule has 1 aromatic rings. The van der Waals surface area contributed by atoms with Crippen LogP contribution in [0.3, 0.4) is 0 Å². The fourth-order valence-electron chi connectivity index (χ4n) is 2.16. The van der Waals surface area contributed by atoms with Crippen molar-refractivity contribution in [3.05, 3.63) is 28.2 Å². The number of piperidine rings is 1. The highest BCUT2D eigenvalue weighted by molar-refractivity contribution is 9.10. The van der Waals surface area contributed by atoms with Crippen molar-refractivity contribution >= 4 is 21.6 Å². The maximum absolute atomic E-state index is 9.91. The number of hydrogen-bond acceptors (Lipinski definition) is 3. The fraction of sp³-hybridized carbons (Fsp3) is 0.538. The molecule has 0 unspecified atom stereocenters. The monoisotopic (exact) mass is 298 g/mol. The molecule has 0 saturated carbocycles. The molecule has 17 heavy (non-hydrogen) atoms. The summed E-state index contributed by atoms with van der Waals surface area (Å²) in [5.74, 6) is 0. The van der Waals surface area contributed by atoms with Crippen molar-refractivity contribution < 1.29 is 5.11 Å². The Labute approximate surface area is 111 Å². The smallest absolute Gasteiger partial charge is 0.0644 e. The Balaban J connectivity index is 2.03. The quantitative estimate of drug-likeness (QED) is 0.824. The van der Waals surface area contributed by atoms with Crippen LogP contribution in [-0.2, 0) is 6.54 Å². The van der Waals surface area contributed by atoms with Gasteiger partial charge in [-0.15, -0.1) is 0 Å². The zero-order chi connectivity index (χ0) is 12.5. The molecule has 0 bridgehead atoms. The first kappa shape index (κ1) is 12.9. The van der Waals surface area contributed by atoms with Gasteiger partial charge in [0.05, 0.1) is 5.60 Å². The Morgan fingerprint density at radius 3 is 2.65 bits per heavy atom. The molecule has 1 saturated heterocycles. The number of halogens is 1. The van der Waals surface area contributed by atoms with Gasteiger partial charge in [0.25, 0.3) is 0 Å². The number of rotatable bonds is 2. The first-order chi connectivity index (χ1) is 7.98. The van der Waals surface area contributed by atoms with Crippen molar-refractivity contribution in [2.24, 2.45) is 0 Å². The number of benzene rings is 1. The molecule has 0 spiro atoms. The molecule has 0 aliphatic carbocycles. The molecule has 4 heteroatoms. The van der Waals surface area contributed by atoms with Crippen LogP contribution < -0.4 is 5.73 Å². The van der Waals surface area contributed by atoms with Crippen molar-refractivity contribution in [3.8, 4) is 0 Å². The van der Waals surface area contributed by atoms with E-state index in [4.69, 9.17) is 5.73 Å². The van der Waals surface area contributed by atoms with Gasteiger partial charge in [-0.05, 0) is 31.9 Å². The third kappa shape index (κ3) is 3.21. The molecule has 0 atom stereocenters. The summed E-state index contributed by atoms with van der Waals surface area (Å²) in [6, 6.07) is 5.90. The number of aliphatic hydroxyl groups is 1. The normalized spacial score (nSPS) is 20.4. The topological polar surface area (TPSA) is 49.5 Å². The van der Waals surface area contributed by atoms with Gasteiger partial charge in [0.15, 0.2) is 0 Å². The second-order valence-electron chi connectivity index (χ2n) is 5.08. The summed E-state index contributed by atoms with van der Waals surface area (Å²) in [5, 5.41) is 9.91. The minimum absolute atomic E-state index is 0.490. The molecular formula is C13H19BrN2O. The van der Waals surface area contributed by atoms with Gasteiger partial charge in [-0.25, -0.2) is 0 Å². The molecule has 1 aromatic carbocycles. The molecule has 0 amide bonds. The van der Waals surface area contributed by atoms with Crippen LogP contribution in [-0.4, -0.2) is 28.7 Å². The van der Waals surface area contributed by atoms with Crippen molar-refractivity contribution in [3.63, 3.8) is 0 Å². The Morgan fingerprint density at radius 2 is 2.06 bits per heavy atom. The molecule has 1 aliphatic heterocycles. The van der Waals surface area contributed by atoms with Crippen molar-refractivity contribution in [1.82, 2.24) is 4.90 Å². The lowest BCUT2D eigenvalue weighted by Gasteiger charge is -2.36. The van der Waals surface area contributed by atoms with E-state index in [0.717, 1.165) is 48.2 Å². The molecular weight excluding hydrogens is 280 g/mol. The average Bonchev–Trinajstić information content (AvgIpc) is 2.26. The van der Waals surface area contributed by atoms with Gasteiger partial charge in [-0.1, -0.05) is 22.0 Å². The number of likely N-dealkylation sites (tertiary alicyclic amines) is 1. The van der Waals surface area contributed by atoms with E-state index < -0.39 is 5.60 Å². The van der Waals surface area contributed by atoms with Crippen LogP contribution in [0, 0.1) is 0 Å². The Morgan fingerprint density at radius 1 is 1.41 bits per heavy atom. The molecule has 3 N–H and O–H groups in total. The van der Waals surface area contributed by atoms with Crippen LogP contribution in [0.5, 0.6) is 0 Å². The predicted molar refractivity (Wildman–Crippen MR) is 73.7 cm³/mol. The number of hydrogen-bond donors (Lipinski definition) is 2. The van der Waals surface area contributed by atoms with Crippen molar-refractivity contribution in [2.75, 3.05) is 18.8 Å². The first-order valence-electron chi connectivity index (χ1n) is 5.95. The van der Waals surface area contributed by atoms with E-state index in [-0.39, 0.29) is 0 Å². The zero-order valence-electron chi connectivity index (χ0n) is 10.1. The van der Waals surface area contributed by atoms with Crippen LogP contribution in [0.4, 0.5) is 5.69 Å². The number of nitrogen functional groups attached to an aromatic ring is 1. The van der Waals surface area contributed by atoms with Gasteiger partial charge in [0.1, 0.15) is 0 Å². The molecule has 1 fully saturated rings. The standard InChI is InChI=1S/C13H19BrN2O/c1-13(17)5-7-16(8-6-13)9-10-11(14)3-2-4-12(10)15/h2-4,17H,5-9,15H2,1H3. The molecule has 94 valence electrons. The van der Waals surface area contributed by atoms with Crippen LogP contribution >= 0.6 is 15.9 Å². The fourth-order valence-corrected chi connectivity index (χ4v) is 2.67. The maximum atomic E-state index is 9.91. The Kier molecular flexibility index (Phi) is 3.76. The molecule has 0 aromatic heterocycles. The minimum Gasteiger partial charge on any atom is -0.398 e. The lowest BCUT2D eigenvalue weighted by atomic mass is 9.93. The summed E-state index contributed by atoms with van der Waals surface area (Å²) in [6.45, 7) is 4.61. The maximum Gasteiger partial charge on any atom is 0.0644 e. The summed E-state index contributed by atoms with van der Waals surface area (Å²) in [7, 11) is 0. The highest BCUT2D eigenvalue weighted by Crippen LogP contribution is 2.27. The van der Waals surface area contributed by atoms with Crippen molar-refractivity contribution in [1.29, 1.82) is 0 Å². The van der Waals surface area contributed by atoms with E-state index >= 15 is 0 Å². The third-order valence-electron chi connectivity index (χ3n) is 3.47. The molecule has 3 nitrogen and oxygen atoms in total. The summed E-state index contributed by atoms with van der Waals surface area (Å²) in [5.41, 5.74) is 7.47. The lowest BCUT2D eigenvalue weighted by molar-refractivity contribution is -0.00729. The van der Waals surface area contributed by atoms with Gasteiger partial charge in [0.2, 0.25) is 0 Å². The molecule has 2 rings (SSSR count). The van der Waals surface area contributed by atoms with Crippen LogP contribution in [0.25, 0.3) is 0 Å². The Hall–Kier alpha value is -0.580. The van der Waals surface area contributed by atoms with E-state index in [0.29, 0.717) is 0 Å². The largest absolute Gasteiger partial charge is 0.398 e. The Bertz CT molecular complexity index is 376. The number of anilines is 1. The van der Waals surface area contributed by atoms with E-state index in [1.54, 1.807) is 0 Å². The van der Waals surface area contributed by atoms with E-state index in [1.807, 2.05) is 25.1 Å². The summed E-state index contributed by atoms with van der Waals surface area (Å²) in [4.78, 5) is 2.34. The molecule has 1 aliphatic rings. The highest BCUT2D eigenvalue weighted by atomic mass is 79.9. The van der Waals surface area contributed by atoms with Gasteiger partial charge in [-0.2, -0.15) is 0 Å². The lowest BCUT2D eigenvalue weighted by Crippen LogP contribution is -2.42. The SMILES string of the molecule is CC1(O)CCN(Cc2c(N)cccc2Br)CC1. The predicted octanol–water partition coefficient (Wildman–Crippen LogP) is 2.38. The highest BCUT2D eigenvalue weighted by Gasteiger charge is 2.27. The van der Waals surface area contributed by atoms with Gasteiger partial charge in [-0.3, -0.25) is 4.90 Å². The molecule has 0 radical (unpaired) electrons. The van der Waals surface area contributed by atoms with E-state index in [1.165, 1.54) is 0 Å². The van der Waals surface area contributed by atoms with Gasteiger partial charge in [0, 0.05) is 35.4 Å². The third-order valence-corrected chi connectivity index (χ3v) is 4.21. The first-order valence-corrected chi connectivity index (χ1v) is 6.75. The van der Waals surface area contributed by atoms with E-state index in [2.05, 4.69) is 20.8 Å². The van der Waals surface area contributed by atoms with Crippen LogP contribution in [0.2, 0.25) is 0 Å². The van der Waals surface area contributed by atoms with Crippen LogP contribution in [0.15, 0.2) is 22.7 Å². The second-order valence-corrected chi connectivity index (χ2v) is 5.94.